The van der Waals surface area contributed by atoms with Gasteiger partial charge in [-0.25, -0.2) is 0 Å². The maximum absolute atomic E-state index is 7.56. The van der Waals surface area contributed by atoms with Crippen LogP contribution in [0.1, 0.15) is 35.4 Å². The molecule has 21 rings (SSSR count). The van der Waals surface area contributed by atoms with Crippen molar-refractivity contribution in [1.82, 2.24) is 9.13 Å². The van der Waals surface area contributed by atoms with Gasteiger partial charge in [0.25, 0.3) is 6.71 Å². The third-order valence-corrected chi connectivity index (χ3v) is 21.4. The average Bonchev–Trinajstić information content (AvgIpc) is 1.61. The quantitative estimate of drug-likeness (QED) is 0.142. The van der Waals surface area contributed by atoms with Crippen molar-refractivity contribution in [3.63, 3.8) is 0 Å². The number of nitrogens with zero attached hydrogens (tertiary/aromatic N) is 5. The number of hydrogen-bond donors (Lipinski definition) is 0. The van der Waals surface area contributed by atoms with Crippen molar-refractivity contribution in [2.24, 2.45) is 0 Å². The van der Waals surface area contributed by atoms with E-state index in [2.05, 4.69) is 346 Å². The molecule has 2 atom stereocenters. The summed E-state index contributed by atoms with van der Waals surface area (Å²) in [5.74, 6) is -0.00279. The fraction of sp³-hybridized carbons (Fsp3) is 0.0345. The van der Waals surface area contributed by atoms with Crippen molar-refractivity contribution in [1.29, 1.82) is 0 Å². The highest BCUT2D eigenvalue weighted by Gasteiger charge is 2.46. The van der Waals surface area contributed by atoms with Crippen LogP contribution in [0.25, 0.3) is 76.9 Å². The van der Waals surface area contributed by atoms with E-state index in [4.69, 9.17) is 4.42 Å². The van der Waals surface area contributed by atoms with E-state index >= 15 is 0 Å². The van der Waals surface area contributed by atoms with Gasteiger partial charge in [0.1, 0.15) is 11.2 Å². The highest BCUT2D eigenvalue weighted by Crippen LogP contribution is 2.50. The fourth-order valence-corrected chi connectivity index (χ4v) is 17.7. The van der Waals surface area contributed by atoms with E-state index in [1.54, 1.807) is 0 Å². The van der Waals surface area contributed by atoms with E-state index in [1.165, 1.54) is 104 Å². The van der Waals surface area contributed by atoms with E-state index in [1.807, 2.05) is 0 Å². The van der Waals surface area contributed by atoms with Gasteiger partial charge in [-0.3, -0.25) is 0 Å². The predicted molar refractivity (Wildman–Crippen MR) is 399 cm³/mol. The predicted octanol–water partition coefficient (Wildman–Crippen LogP) is 18.4. The van der Waals surface area contributed by atoms with Gasteiger partial charge in [0.15, 0.2) is 0 Å². The van der Waals surface area contributed by atoms with Crippen molar-refractivity contribution >= 4 is 163 Å². The molecule has 0 aliphatic carbocycles. The minimum absolute atomic E-state index is 0.0249. The van der Waals surface area contributed by atoms with E-state index in [0.717, 1.165) is 73.1 Å². The molecule has 0 N–H and O–H groups in total. The first kappa shape index (κ1) is 52.6. The summed E-state index contributed by atoms with van der Waals surface area (Å²) in [7, 11) is 0. The first-order valence-corrected chi connectivity index (χ1v) is 33.2. The van der Waals surface area contributed by atoms with Crippen LogP contribution in [-0.4, -0.2) is 22.6 Å². The molecule has 0 saturated carbocycles. The van der Waals surface area contributed by atoms with Gasteiger partial charge in [0, 0.05) is 112 Å². The molecular formula is C87H57B2N5O. The normalized spacial score (nSPS) is 14.7. The molecule has 95 heavy (non-hydrogen) atoms. The lowest BCUT2D eigenvalue weighted by molar-refractivity contribution is 0.652. The molecule has 2 unspecified atom stereocenters. The minimum atomic E-state index is -0.124. The maximum atomic E-state index is 7.56. The summed E-state index contributed by atoms with van der Waals surface area (Å²) < 4.78 is 12.7. The van der Waals surface area contributed by atoms with Crippen LogP contribution in [0.2, 0.25) is 0 Å². The first-order chi connectivity index (χ1) is 47.1. The van der Waals surface area contributed by atoms with Crippen molar-refractivity contribution < 1.29 is 4.42 Å². The molecule has 17 aromatic rings. The van der Waals surface area contributed by atoms with Gasteiger partial charge in [-0.1, -0.05) is 219 Å². The summed E-state index contributed by atoms with van der Waals surface area (Å²) in [6.07, 6.45) is 0. The van der Waals surface area contributed by atoms with Crippen LogP contribution >= 0.6 is 0 Å². The lowest BCUT2D eigenvalue weighted by Gasteiger charge is -2.41. The highest BCUT2D eigenvalue weighted by molar-refractivity contribution is 7.01. The highest BCUT2D eigenvalue weighted by atomic mass is 16.3. The number of rotatable bonds is 8. The van der Waals surface area contributed by atoms with Gasteiger partial charge in [-0.2, -0.15) is 0 Å². The van der Waals surface area contributed by atoms with Gasteiger partial charge in [0.2, 0.25) is 6.71 Å². The van der Waals surface area contributed by atoms with Crippen LogP contribution < -0.4 is 47.5 Å². The Morgan fingerprint density at radius 2 is 0.747 bits per heavy atom. The van der Waals surface area contributed by atoms with Crippen LogP contribution in [0, 0.1) is 0 Å². The molecule has 6 nitrogen and oxygen atoms in total. The Kier molecular flexibility index (Phi) is 11.1. The van der Waals surface area contributed by atoms with Crippen LogP contribution in [0.15, 0.2) is 320 Å². The SMILES string of the molecule is CC1c2cc3oc4cc5c(cc4c3cc2B2c3c(cc(N(c4ccccc4)c4ccccc4)cc3-n3c4ccccc4c4cccc2c43)C1c1ccccc1)B1c2c(cc(N(c3ccccc3)c3ccccc3)cc2-n2c3ccccc3c3cccc1c32)N5c1ccccc1. The Morgan fingerprint density at radius 3 is 1.29 bits per heavy atom. The summed E-state index contributed by atoms with van der Waals surface area (Å²) in [6.45, 7) is 2.24. The molecule has 7 heterocycles. The topological polar surface area (TPSA) is 32.7 Å². The van der Waals surface area contributed by atoms with Crippen LogP contribution in [0.3, 0.4) is 0 Å². The average molecular weight is 1210 g/mol. The Bertz CT molecular complexity index is 5950. The van der Waals surface area contributed by atoms with Gasteiger partial charge >= 0.3 is 0 Å². The zero-order valence-electron chi connectivity index (χ0n) is 52.0. The Hall–Kier alpha value is -12.0. The summed E-state index contributed by atoms with van der Waals surface area (Å²) >= 11 is 0. The van der Waals surface area contributed by atoms with Crippen LogP contribution in [-0.2, 0) is 0 Å². The number of para-hydroxylation sites is 9. The largest absolute Gasteiger partial charge is 0.456 e. The molecule has 0 fully saturated rings. The zero-order chi connectivity index (χ0) is 62.1. The van der Waals surface area contributed by atoms with E-state index in [9.17, 15) is 0 Å². The van der Waals surface area contributed by atoms with Crippen LogP contribution in [0.4, 0.5) is 51.2 Å². The molecule has 0 radical (unpaired) electrons. The third-order valence-electron chi connectivity index (χ3n) is 21.4. The molecule has 0 bridgehead atoms. The molecule has 14 aromatic carbocycles. The zero-order valence-corrected chi connectivity index (χ0v) is 52.0. The molecule has 8 heteroatoms. The summed E-state index contributed by atoms with van der Waals surface area (Å²) in [5, 5.41) is 7.27. The van der Waals surface area contributed by atoms with Crippen molar-refractivity contribution in [2.45, 2.75) is 18.8 Å². The number of benzene rings is 14. The lowest BCUT2D eigenvalue weighted by Crippen LogP contribution is -2.60. The number of hydrogen-bond acceptors (Lipinski definition) is 4. The van der Waals surface area contributed by atoms with E-state index < -0.39 is 0 Å². The molecule has 442 valence electrons. The molecule has 4 aliphatic rings. The summed E-state index contributed by atoms with van der Waals surface area (Å²) in [5.41, 5.74) is 30.7. The molecule has 0 spiro atoms. The fourth-order valence-electron chi connectivity index (χ4n) is 17.7. The van der Waals surface area contributed by atoms with Gasteiger partial charge < -0.3 is 28.3 Å². The van der Waals surface area contributed by atoms with Crippen LogP contribution in [0.5, 0.6) is 0 Å². The molecule has 0 saturated heterocycles. The molecule has 3 aromatic heterocycles. The molecule has 4 aliphatic heterocycles. The summed E-state index contributed by atoms with van der Waals surface area (Å²) in [4.78, 5) is 7.40. The van der Waals surface area contributed by atoms with Crippen molar-refractivity contribution in [2.75, 3.05) is 14.7 Å². The third kappa shape index (κ3) is 7.42. The number of anilines is 9. The molecular weight excluding hydrogens is 1150 g/mol. The van der Waals surface area contributed by atoms with Gasteiger partial charge in [-0.05, 0) is 153 Å². The number of aromatic nitrogens is 2. The maximum Gasteiger partial charge on any atom is 0.252 e. The number of furan rings is 1. The Morgan fingerprint density at radius 1 is 0.316 bits per heavy atom. The number of fused-ring (bicyclic) bond motifs is 17. The molecule has 0 amide bonds. The second-order valence-electron chi connectivity index (χ2n) is 26.3. The first-order valence-electron chi connectivity index (χ1n) is 33.2. The minimum Gasteiger partial charge on any atom is -0.456 e. The van der Waals surface area contributed by atoms with Crippen molar-refractivity contribution in [3.8, 4) is 11.4 Å². The second-order valence-corrected chi connectivity index (χ2v) is 26.3. The lowest BCUT2D eigenvalue weighted by atomic mass is 9.33. The Labute approximate surface area is 550 Å². The Balaban J connectivity index is 0.855. The van der Waals surface area contributed by atoms with Gasteiger partial charge in [0.05, 0.1) is 16.7 Å². The summed E-state index contributed by atoms with van der Waals surface area (Å²) in [6, 6.07) is 118. The van der Waals surface area contributed by atoms with Crippen molar-refractivity contribution in [3.05, 3.63) is 332 Å². The standard InChI is InChI=1S/C87H57B2N5O/c1-54-67-52-81-68(50-73(67)88-71-42-24-40-65-63-38-20-22-44-75(63)93(86(65)71)78-47-61(46-70(84(78)88)83(54)55-26-8-2-9-27-55)90(56-28-10-3-11-29-56)57-30-12-4-13-31-57)69-51-74-77(53-82(69)95-81)92(60-36-18-7-19-37-60)79-48-62(91(58-32-14-5-15-33-58)59-34-16-6-17-35-59)49-80-85(79)89(74)72-43-25-41-66-64-39-21-23-45-76(64)94(80)87(66)72/h2-54,83H,1H3. The van der Waals surface area contributed by atoms with E-state index in [0.29, 0.717) is 0 Å². The van der Waals surface area contributed by atoms with E-state index in [-0.39, 0.29) is 25.3 Å². The second kappa shape index (κ2) is 20.0. The van der Waals surface area contributed by atoms with Gasteiger partial charge in [-0.15, -0.1) is 0 Å². The monoisotopic (exact) mass is 1210 g/mol. The smallest absolute Gasteiger partial charge is 0.252 e.